The van der Waals surface area contributed by atoms with Crippen LogP contribution in [0.25, 0.3) is 0 Å². The summed E-state index contributed by atoms with van der Waals surface area (Å²) in [6, 6.07) is 13.8. The summed E-state index contributed by atoms with van der Waals surface area (Å²) in [4.78, 5) is 37.8. The summed E-state index contributed by atoms with van der Waals surface area (Å²) < 4.78 is 0. The van der Waals surface area contributed by atoms with Crippen LogP contribution in [0.5, 0.6) is 0 Å². The standard InChI is InChI=1S/C21H23N3O3/c1-13(2)15-8-10-17(11-9-15)21(3)19(26)24(20(27)23-21)12-14-4-6-16(7-5-14)18(22)25/h4-11,13H,12H2,1-3H3,(H2,22,25)(H,23,27)/t21-/m0/s1. The number of nitrogens with one attached hydrogen (secondary N) is 1. The van der Waals surface area contributed by atoms with Crippen molar-refractivity contribution in [3.63, 3.8) is 0 Å². The van der Waals surface area contributed by atoms with Crippen molar-refractivity contribution in [2.24, 2.45) is 5.73 Å². The van der Waals surface area contributed by atoms with E-state index in [1.807, 2.05) is 24.3 Å². The molecule has 1 fully saturated rings. The summed E-state index contributed by atoms with van der Waals surface area (Å²) in [6.07, 6.45) is 0. The molecule has 6 heteroatoms. The highest BCUT2D eigenvalue weighted by atomic mass is 16.2. The van der Waals surface area contributed by atoms with Gasteiger partial charge in [-0.3, -0.25) is 14.5 Å². The minimum atomic E-state index is -1.10. The van der Waals surface area contributed by atoms with Crippen molar-refractivity contribution in [1.82, 2.24) is 10.2 Å². The maximum absolute atomic E-state index is 13.0. The molecule has 0 aromatic heterocycles. The molecule has 2 aromatic carbocycles. The predicted octanol–water partition coefficient (Wildman–Crippen LogP) is 2.88. The van der Waals surface area contributed by atoms with Gasteiger partial charge in [0.15, 0.2) is 0 Å². The fraction of sp³-hybridized carbons (Fsp3) is 0.286. The number of carbonyl (C=O) groups is 3. The molecule has 0 radical (unpaired) electrons. The van der Waals surface area contributed by atoms with Gasteiger partial charge in [-0.15, -0.1) is 0 Å². The van der Waals surface area contributed by atoms with Crippen LogP contribution < -0.4 is 11.1 Å². The van der Waals surface area contributed by atoms with E-state index >= 15 is 0 Å². The third kappa shape index (κ3) is 3.43. The van der Waals surface area contributed by atoms with Gasteiger partial charge in [-0.25, -0.2) is 4.79 Å². The Morgan fingerprint density at radius 1 is 1.07 bits per heavy atom. The molecule has 1 atom stereocenters. The fourth-order valence-corrected chi connectivity index (χ4v) is 3.19. The van der Waals surface area contributed by atoms with Gasteiger partial charge in [0.1, 0.15) is 5.54 Å². The molecule has 4 amide bonds. The fourth-order valence-electron chi connectivity index (χ4n) is 3.19. The van der Waals surface area contributed by atoms with Crippen LogP contribution in [0.4, 0.5) is 4.79 Å². The maximum Gasteiger partial charge on any atom is 0.325 e. The van der Waals surface area contributed by atoms with E-state index in [0.717, 1.165) is 11.1 Å². The van der Waals surface area contributed by atoms with Gasteiger partial charge in [0.25, 0.3) is 5.91 Å². The number of imide groups is 1. The van der Waals surface area contributed by atoms with Crippen molar-refractivity contribution >= 4 is 17.8 Å². The van der Waals surface area contributed by atoms with E-state index in [0.29, 0.717) is 11.5 Å². The second-order valence-electron chi connectivity index (χ2n) is 7.28. The van der Waals surface area contributed by atoms with Crippen LogP contribution in [0, 0.1) is 0 Å². The second kappa shape index (κ2) is 6.87. The summed E-state index contributed by atoms with van der Waals surface area (Å²) in [6.45, 7) is 6.05. The number of hydrogen-bond acceptors (Lipinski definition) is 3. The van der Waals surface area contributed by atoms with Crippen LogP contribution in [0.15, 0.2) is 48.5 Å². The van der Waals surface area contributed by atoms with E-state index in [2.05, 4.69) is 19.2 Å². The Kier molecular flexibility index (Phi) is 4.74. The molecular weight excluding hydrogens is 342 g/mol. The van der Waals surface area contributed by atoms with Gasteiger partial charge >= 0.3 is 6.03 Å². The van der Waals surface area contributed by atoms with E-state index in [9.17, 15) is 14.4 Å². The number of carbonyl (C=O) groups excluding carboxylic acids is 3. The zero-order chi connectivity index (χ0) is 19.8. The van der Waals surface area contributed by atoms with Crippen molar-refractivity contribution in [2.45, 2.75) is 38.8 Å². The molecule has 1 aliphatic rings. The first-order valence-electron chi connectivity index (χ1n) is 8.85. The van der Waals surface area contributed by atoms with Crippen molar-refractivity contribution in [3.05, 3.63) is 70.8 Å². The normalized spacial score (nSPS) is 19.5. The monoisotopic (exact) mass is 365 g/mol. The van der Waals surface area contributed by atoms with Gasteiger partial charge in [0.05, 0.1) is 6.54 Å². The summed E-state index contributed by atoms with van der Waals surface area (Å²) in [7, 11) is 0. The van der Waals surface area contributed by atoms with E-state index in [-0.39, 0.29) is 12.5 Å². The molecule has 1 heterocycles. The molecule has 2 aromatic rings. The summed E-state index contributed by atoms with van der Waals surface area (Å²) in [5.74, 6) is -0.432. The van der Waals surface area contributed by atoms with Gasteiger partial charge in [0, 0.05) is 5.56 Å². The van der Waals surface area contributed by atoms with Gasteiger partial charge in [0.2, 0.25) is 5.91 Å². The molecule has 140 valence electrons. The summed E-state index contributed by atoms with van der Waals surface area (Å²) in [5.41, 5.74) is 7.17. The lowest BCUT2D eigenvalue weighted by molar-refractivity contribution is -0.131. The SMILES string of the molecule is CC(C)c1ccc([C@]2(C)NC(=O)N(Cc3ccc(C(N)=O)cc3)C2=O)cc1. The molecule has 0 saturated carbocycles. The van der Waals surface area contributed by atoms with Gasteiger partial charge in [-0.1, -0.05) is 50.2 Å². The third-order valence-corrected chi connectivity index (χ3v) is 5.01. The third-order valence-electron chi connectivity index (χ3n) is 5.01. The predicted molar refractivity (Wildman–Crippen MR) is 102 cm³/mol. The number of amides is 4. The van der Waals surface area contributed by atoms with Gasteiger partial charge in [-0.05, 0) is 41.7 Å². The summed E-state index contributed by atoms with van der Waals surface area (Å²) in [5, 5.41) is 2.81. The molecule has 6 nitrogen and oxygen atoms in total. The Bertz CT molecular complexity index is 888. The molecule has 27 heavy (non-hydrogen) atoms. The van der Waals surface area contributed by atoms with Crippen molar-refractivity contribution < 1.29 is 14.4 Å². The first-order chi connectivity index (χ1) is 12.7. The first-order valence-corrected chi connectivity index (χ1v) is 8.85. The topological polar surface area (TPSA) is 92.5 Å². The Labute approximate surface area is 158 Å². The molecule has 1 saturated heterocycles. The highest BCUT2D eigenvalue weighted by Gasteiger charge is 2.48. The lowest BCUT2D eigenvalue weighted by atomic mass is 9.90. The van der Waals surface area contributed by atoms with E-state index < -0.39 is 17.5 Å². The smallest absolute Gasteiger partial charge is 0.325 e. The summed E-state index contributed by atoms with van der Waals surface area (Å²) >= 11 is 0. The highest BCUT2D eigenvalue weighted by molar-refractivity contribution is 6.07. The van der Waals surface area contributed by atoms with Crippen LogP contribution in [-0.4, -0.2) is 22.7 Å². The van der Waals surface area contributed by atoms with E-state index in [1.54, 1.807) is 31.2 Å². The van der Waals surface area contributed by atoms with Crippen molar-refractivity contribution in [2.75, 3.05) is 0 Å². The van der Waals surface area contributed by atoms with E-state index in [1.165, 1.54) is 10.5 Å². The van der Waals surface area contributed by atoms with E-state index in [4.69, 9.17) is 5.73 Å². The molecule has 0 aliphatic carbocycles. The maximum atomic E-state index is 13.0. The van der Waals surface area contributed by atoms with Crippen LogP contribution in [0.1, 0.15) is 53.7 Å². The molecule has 3 N–H and O–H groups in total. The second-order valence-corrected chi connectivity index (χ2v) is 7.28. The lowest BCUT2D eigenvalue weighted by Gasteiger charge is -2.23. The average molecular weight is 365 g/mol. The Hall–Kier alpha value is -3.15. The number of hydrogen-bond donors (Lipinski definition) is 2. The molecule has 3 rings (SSSR count). The lowest BCUT2D eigenvalue weighted by Crippen LogP contribution is -2.40. The minimum absolute atomic E-state index is 0.128. The van der Waals surface area contributed by atoms with Crippen LogP contribution in [0.3, 0.4) is 0 Å². The number of urea groups is 1. The van der Waals surface area contributed by atoms with Gasteiger partial charge in [-0.2, -0.15) is 0 Å². The zero-order valence-electron chi connectivity index (χ0n) is 15.7. The van der Waals surface area contributed by atoms with Crippen molar-refractivity contribution in [3.8, 4) is 0 Å². The number of rotatable bonds is 5. The molecule has 0 spiro atoms. The van der Waals surface area contributed by atoms with Crippen molar-refractivity contribution in [1.29, 1.82) is 0 Å². The van der Waals surface area contributed by atoms with Crippen LogP contribution in [-0.2, 0) is 16.9 Å². The molecule has 0 unspecified atom stereocenters. The Morgan fingerprint density at radius 3 is 2.19 bits per heavy atom. The van der Waals surface area contributed by atoms with Gasteiger partial charge < -0.3 is 11.1 Å². The molecule has 1 aliphatic heterocycles. The number of primary amides is 1. The number of nitrogens with zero attached hydrogens (tertiary/aromatic N) is 1. The Morgan fingerprint density at radius 2 is 1.67 bits per heavy atom. The zero-order valence-corrected chi connectivity index (χ0v) is 15.7. The average Bonchev–Trinajstić information content (AvgIpc) is 2.86. The molecule has 0 bridgehead atoms. The van der Waals surface area contributed by atoms with Crippen LogP contribution >= 0.6 is 0 Å². The Balaban J connectivity index is 1.82. The molecular formula is C21H23N3O3. The minimum Gasteiger partial charge on any atom is -0.366 e. The highest BCUT2D eigenvalue weighted by Crippen LogP contribution is 2.30. The number of benzene rings is 2. The largest absolute Gasteiger partial charge is 0.366 e. The first kappa shape index (κ1) is 18.6. The van der Waals surface area contributed by atoms with Crippen LogP contribution in [0.2, 0.25) is 0 Å². The quantitative estimate of drug-likeness (QED) is 0.798. The number of nitrogens with two attached hydrogens (primary N) is 1.